The second kappa shape index (κ2) is 14.3. The van der Waals surface area contributed by atoms with Crippen molar-refractivity contribution in [3.05, 3.63) is 59.7 Å². The van der Waals surface area contributed by atoms with Crippen LogP contribution in [-0.2, 0) is 22.4 Å². The van der Waals surface area contributed by atoms with Crippen LogP contribution in [0.2, 0.25) is 0 Å². The molecule has 0 unspecified atom stereocenters. The van der Waals surface area contributed by atoms with Crippen LogP contribution < -0.4 is 15.4 Å². The van der Waals surface area contributed by atoms with Gasteiger partial charge in [-0.15, -0.1) is 0 Å². The predicted molar refractivity (Wildman–Crippen MR) is 159 cm³/mol. The molecule has 2 aliphatic rings. The second-order valence-corrected chi connectivity index (χ2v) is 11.6. The number of urea groups is 1. The molecule has 9 heteroatoms. The maximum atomic E-state index is 13.5. The Labute approximate surface area is 243 Å². The Morgan fingerprint density at radius 1 is 1.12 bits per heavy atom. The average molecular weight is 565 g/mol. The van der Waals surface area contributed by atoms with E-state index in [9.17, 15) is 19.5 Å². The number of anilines is 1. The topological polar surface area (TPSA) is 111 Å². The SMILES string of the molecule is C[C@@H]1CN([C@@H](C)CO)C(=O)Cc2cc(NC(=O)Cc3ccccc3)ccc2O[C@H]1CN(C)C(=O)NC1CCCCC1. The van der Waals surface area contributed by atoms with Crippen LogP contribution in [0.1, 0.15) is 57.1 Å². The summed E-state index contributed by atoms with van der Waals surface area (Å²) in [5, 5.41) is 16.0. The minimum absolute atomic E-state index is 0.0690. The molecule has 1 fully saturated rings. The number of rotatable bonds is 8. The van der Waals surface area contributed by atoms with Gasteiger partial charge in [0.05, 0.1) is 32.0 Å². The summed E-state index contributed by atoms with van der Waals surface area (Å²) in [4.78, 5) is 42.5. The number of aliphatic hydroxyl groups is 1. The number of carbonyl (C=O) groups excluding carboxylic acids is 3. The second-order valence-electron chi connectivity index (χ2n) is 11.6. The van der Waals surface area contributed by atoms with Gasteiger partial charge in [0.2, 0.25) is 11.8 Å². The summed E-state index contributed by atoms with van der Waals surface area (Å²) in [6.45, 7) is 4.40. The van der Waals surface area contributed by atoms with Crippen molar-refractivity contribution in [1.29, 1.82) is 0 Å². The van der Waals surface area contributed by atoms with Gasteiger partial charge in [-0.2, -0.15) is 0 Å². The van der Waals surface area contributed by atoms with E-state index < -0.39 is 6.10 Å². The minimum atomic E-state index is -0.395. The molecule has 0 spiro atoms. The number of hydrogen-bond acceptors (Lipinski definition) is 5. The number of carbonyl (C=O) groups is 3. The first-order valence-electron chi connectivity index (χ1n) is 14.8. The Hall–Kier alpha value is -3.59. The summed E-state index contributed by atoms with van der Waals surface area (Å²) in [5.41, 5.74) is 2.14. The van der Waals surface area contributed by atoms with Crippen molar-refractivity contribution in [2.45, 2.75) is 77.0 Å². The molecule has 4 rings (SSSR count). The van der Waals surface area contributed by atoms with Gasteiger partial charge in [-0.3, -0.25) is 9.59 Å². The lowest BCUT2D eigenvalue weighted by molar-refractivity contribution is -0.134. The molecule has 0 bridgehead atoms. The Balaban J connectivity index is 1.53. The summed E-state index contributed by atoms with van der Waals surface area (Å²) in [6, 6.07) is 14.6. The van der Waals surface area contributed by atoms with E-state index in [2.05, 4.69) is 10.6 Å². The number of hydrogen-bond donors (Lipinski definition) is 3. The third-order valence-electron chi connectivity index (χ3n) is 8.14. The first-order valence-corrected chi connectivity index (χ1v) is 14.8. The first kappa shape index (κ1) is 30.4. The van der Waals surface area contributed by atoms with E-state index in [4.69, 9.17) is 4.74 Å². The van der Waals surface area contributed by atoms with Gasteiger partial charge in [0.1, 0.15) is 11.9 Å². The molecule has 3 atom stereocenters. The van der Waals surface area contributed by atoms with Crippen LogP contribution in [0.3, 0.4) is 0 Å². The molecule has 222 valence electrons. The molecule has 3 N–H and O–H groups in total. The van der Waals surface area contributed by atoms with Crippen molar-refractivity contribution in [3.8, 4) is 5.75 Å². The van der Waals surface area contributed by atoms with Gasteiger partial charge < -0.3 is 30.3 Å². The summed E-state index contributed by atoms with van der Waals surface area (Å²) >= 11 is 0. The maximum absolute atomic E-state index is 13.5. The van der Waals surface area contributed by atoms with E-state index in [0.717, 1.165) is 31.2 Å². The van der Waals surface area contributed by atoms with Crippen LogP contribution in [0.15, 0.2) is 48.5 Å². The fourth-order valence-corrected chi connectivity index (χ4v) is 5.60. The van der Waals surface area contributed by atoms with Crippen LogP contribution in [0.5, 0.6) is 5.75 Å². The molecule has 1 aliphatic carbocycles. The highest BCUT2D eigenvalue weighted by Crippen LogP contribution is 2.29. The zero-order valence-electron chi connectivity index (χ0n) is 24.5. The predicted octanol–water partition coefficient (Wildman–Crippen LogP) is 3.99. The zero-order valence-corrected chi connectivity index (χ0v) is 24.5. The molecule has 2 aromatic carbocycles. The fourth-order valence-electron chi connectivity index (χ4n) is 5.60. The van der Waals surface area contributed by atoms with Crippen molar-refractivity contribution in [2.75, 3.05) is 32.1 Å². The lowest BCUT2D eigenvalue weighted by Gasteiger charge is -2.34. The van der Waals surface area contributed by atoms with Crippen LogP contribution in [-0.4, -0.2) is 77.7 Å². The van der Waals surface area contributed by atoms with Gasteiger partial charge in [-0.1, -0.05) is 56.5 Å². The summed E-state index contributed by atoms with van der Waals surface area (Å²) in [6.07, 6.45) is 5.41. The van der Waals surface area contributed by atoms with Crippen LogP contribution in [0.25, 0.3) is 0 Å². The van der Waals surface area contributed by atoms with Gasteiger partial charge in [0, 0.05) is 36.8 Å². The number of amides is 4. The Kier molecular flexibility index (Phi) is 10.6. The smallest absolute Gasteiger partial charge is 0.317 e. The third-order valence-corrected chi connectivity index (χ3v) is 8.14. The maximum Gasteiger partial charge on any atom is 0.317 e. The number of aliphatic hydroxyl groups excluding tert-OH is 1. The molecule has 0 saturated heterocycles. The fraction of sp³-hybridized carbons (Fsp3) is 0.531. The van der Waals surface area contributed by atoms with E-state index in [0.29, 0.717) is 30.1 Å². The summed E-state index contributed by atoms with van der Waals surface area (Å²) in [5.74, 6) is 0.157. The number of nitrogens with zero attached hydrogens (tertiary/aromatic N) is 2. The number of likely N-dealkylation sites (N-methyl/N-ethyl adjacent to an activating group) is 1. The molecule has 41 heavy (non-hydrogen) atoms. The number of nitrogens with one attached hydrogen (secondary N) is 2. The van der Waals surface area contributed by atoms with Crippen LogP contribution in [0.4, 0.5) is 10.5 Å². The summed E-state index contributed by atoms with van der Waals surface area (Å²) < 4.78 is 6.53. The normalized spacial score (nSPS) is 20.5. The number of benzene rings is 2. The highest BCUT2D eigenvalue weighted by Gasteiger charge is 2.32. The molecular formula is C32H44N4O5. The van der Waals surface area contributed by atoms with Crippen molar-refractivity contribution in [1.82, 2.24) is 15.1 Å². The average Bonchev–Trinajstić information content (AvgIpc) is 3.01. The molecule has 1 heterocycles. The van der Waals surface area contributed by atoms with E-state index >= 15 is 0 Å². The van der Waals surface area contributed by atoms with Crippen LogP contribution in [0, 0.1) is 5.92 Å². The van der Waals surface area contributed by atoms with Gasteiger partial charge in [-0.25, -0.2) is 4.79 Å². The Bertz CT molecular complexity index is 1180. The van der Waals surface area contributed by atoms with Crippen molar-refractivity contribution in [3.63, 3.8) is 0 Å². The molecule has 1 saturated carbocycles. The van der Waals surface area contributed by atoms with Gasteiger partial charge in [-0.05, 0) is 43.5 Å². The van der Waals surface area contributed by atoms with Crippen molar-refractivity contribution in [2.24, 2.45) is 5.92 Å². The third kappa shape index (κ3) is 8.45. The molecule has 0 radical (unpaired) electrons. The van der Waals surface area contributed by atoms with Gasteiger partial charge in [0.25, 0.3) is 0 Å². The van der Waals surface area contributed by atoms with E-state index in [1.54, 1.807) is 35.0 Å². The van der Waals surface area contributed by atoms with E-state index in [1.165, 1.54) is 6.42 Å². The largest absolute Gasteiger partial charge is 0.488 e. The Morgan fingerprint density at radius 3 is 2.56 bits per heavy atom. The van der Waals surface area contributed by atoms with E-state index in [1.807, 2.05) is 44.2 Å². The number of fused-ring (bicyclic) bond motifs is 1. The van der Waals surface area contributed by atoms with Crippen molar-refractivity contribution < 1.29 is 24.2 Å². The molecule has 9 nitrogen and oxygen atoms in total. The molecule has 2 aromatic rings. The molecule has 0 aromatic heterocycles. The lowest BCUT2D eigenvalue weighted by Crippen LogP contribution is -2.50. The minimum Gasteiger partial charge on any atom is -0.488 e. The highest BCUT2D eigenvalue weighted by molar-refractivity contribution is 5.92. The zero-order chi connectivity index (χ0) is 29.4. The Morgan fingerprint density at radius 2 is 1.85 bits per heavy atom. The monoisotopic (exact) mass is 564 g/mol. The molecular weight excluding hydrogens is 520 g/mol. The highest BCUT2D eigenvalue weighted by atomic mass is 16.5. The van der Waals surface area contributed by atoms with Crippen molar-refractivity contribution >= 4 is 23.5 Å². The lowest BCUT2D eigenvalue weighted by atomic mass is 9.96. The van der Waals surface area contributed by atoms with Gasteiger partial charge >= 0.3 is 6.03 Å². The quantitative estimate of drug-likeness (QED) is 0.449. The van der Waals surface area contributed by atoms with Gasteiger partial charge in [0.15, 0.2) is 0 Å². The number of ether oxygens (including phenoxy) is 1. The van der Waals surface area contributed by atoms with E-state index in [-0.39, 0.29) is 55.3 Å². The summed E-state index contributed by atoms with van der Waals surface area (Å²) in [7, 11) is 1.77. The first-order chi connectivity index (χ1) is 19.7. The standard InChI is InChI=1S/C32H44N4O5/c1-22-19-36(23(2)21-37)31(39)18-25-17-27(33-30(38)16-24-10-6-4-7-11-24)14-15-28(25)41-29(22)20-35(3)32(40)34-26-12-8-5-9-13-26/h4,6-7,10-11,14-15,17,22-23,26,29,37H,5,8-9,12-13,16,18-21H2,1-3H3,(H,33,38)(H,34,40)/t22-,23+,29+/m1/s1. The molecule has 1 aliphatic heterocycles. The molecule has 4 amide bonds. The van der Waals surface area contributed by atoms with Crippen LogP contribution >= 0.6 is 0 Å².